The number of nitrogens with one attached hydrogen (secondary N) is 2. The fourth-order valence-corrected chi connectivity index (χ4v) is 2.90. The summed E-state index contributed by atoms with van der Waals surface area (Å²) < 4.78 is 13.3. The van der Waals surface area contributed by atoms with Gasteiger partial charge in [-0.1, -0.05) is 6.07 Å². The van der Waals surface area contributed by atoms with E-state index in [0.29, 0.717) is 17.5 Å². The maximum Gasteiger partial charge on any atom is 0.229 e. The molecule has 0 unspecified atom stereocenters. The molecule has 0 saturated heterocycles. The summed E-state index contributed by atoms with van der Waals surface area (Å²) in [7, 11) is 0. The van der Waals surface area contributed by atoms with Crippen molar-refractivity contribution >= 4 is 28.8 Å². The van der Waals surface area contributed by atoms with Gasteiger partial charge in [-0.2, -0.15) is 4.98 Å². The van der Waals surface area contributed by atoms with Crippen LogP contribution < -0.4 is 15.5 Å². The molecule has 3 rings (SSSR count). The molecule has 5 nitrogen and oxygen atoms in total. The minimum atomic E-state index is -0.295. The number of rotatable bonds is 7. The van der Waals surface area contributed by atoms with Crippen LogP contribution in [0.15, 0.2) is 54.7 Å². The monoisotopic (exact) mass is 365 g/mol. The van der Waals surface area contributed by atoms with E-state index in [1.165, 1.54) is 17.8 Å². The zero-order valence-electron chi connectivity index (χ0n) is 15.8. The quantitative estimate of drug-likeness (QED) is 0.598. The van der Waals surface area contributed by atoms with E-state index in [1.807, 2.05) is 6.07 Å². The van der Waals surface area contributed by atoms with Gasteiger partial charge in [0.05, 0.1) is 0 Å². The first-order valence-electron chi connectivity index (χ1n) is 9.07. The van der Waals surface area contributed by atoms with Crippen molar-refractivity contribution in [3.63, 3.8) is 0 Å². The highest BCUT2D eigenvalue weighted by atomic mass is 19.1. The van der Waals surface area contributed by atoms with Crippen LogP contribution in [0.3, 0.4) is 0 Å². The smallest absolute Gasteiger partial charge is 0.229 e. The molecule has 0 radical (unpaired) electrons. The highest BCUT2D eigenvalue weighted by molar-refractivity contribution is 5.65. The molecule has 0 amide bonds. The lowest BCUT2D eigenvalue weighted by Gasteiger charge is -2.22. The van der Waals surface area contributed by atoms with E-state index in [-0.39, 0.29) is 5.82 Å². The van der Waals surface area contributed by atoms with Gasteiger partial charge >= 0.3 is 0 Å². The van der Waals surface area contributed by atoms with Crippen LogP contribution in [0, 0.1) is 12.7 Å². The zero-order chi connectivity index (χ0) is 19.2. The van der Waals surface area contributed by atoms with E-state index in [1.54, 1.807) is 24.4 Å². The summed E-state index contributed by atoms with van der Waals surface area (Å²) in [6, 6.07) is 14.3. The molecule has 1 aromatic heterocycles. The Morgan fingerprint density at radius 2 is 1.81 bits per heavy atom. The van der Waals surface area contributed by atoms with Gasteiger partial charge < -0.3 is 15.5 Å². The van der Waals surface area contributed by atoms with Crippen LogP contribution in [0.1, 0.15) is 19.4 Å². The van der Waals surface area contributed by atoms with Crippen LogP contribution in [0.2, 0.25) is 0 Å². The summed E-state index contributed by atoms with van der Waals surface area (Å²) in [5.41, 5.74) is 3.91. The van der Waals surface area contributed by atoms with Gasteiger partial charge in [-0.25, -0.2) is 9.37 Å². The van der Waals surface area contributed by atoms with E-state index in [9.17, 15) is 4.39 Å². The molecule has 0 aliphatic carbocycles. The molecule has 0 atom stereocenters. The minimum Gasteiger partial charge on any atom is -0.372 e. The molecule has 0 aliphatic heterocycles. The fourth-order valence-electron chi connectivity index (χ4n) is 2.90. The van der Waals surface area contributed by atoms with Crippen molar-refractivity contribution in [2.75, 3.05) is 28.6 Å². The zero-order valence-corrected chi connectivity index (χ0v) is 15.8. The molecule has 3 aromatic rings. The number of hydrogen-bond donors (Lipinski definition) is 2. The summed E-state index contributed by atoms with van der Waals surface area (Å²) in [5.74, 6) is 0.780. The predicted molar refractivity (Wildman–Crippen MR) is 110 cm³/mol. The number of halogens is 1. The number of anilines is 5. The van der Waals surface area contributed by atoms with Gasteiger partial charge in [0, 0.05) is 36.3 Å². The Labute approximate surface area is 159 Å². The highest BCUT2D eigenvalue weighted by Gasteiger charge is 2.07. The van der Waals surface area contributed by atoms with E-state index in [0.717, 1.165) is 24.3 Å². The Bertz CT molecular complexity index is 909. The van der Waals surface area contributed by atoms with Crippen LogP contribution in [0.25, 0.3) is 0 Å². The lowest BCUT2D eigenvalue weighted by atomic mass is 10.1. The van der Waals surface area contributed by atoms with Gasteiger partial charge in [0.25, 0.3) is 0 Å². The molecule has 6 heteroatoms. The van der Waals surface area contributed by atoms with E-state index in [4.69, 9.17) is 0 Å². The lowest BCUT2D eigenvalue weighted by molar-refractivity contribution is 0.628. The van der Waals surface area contributed by atoms with Crippen molar-refractivity contribution in [1.29, 1.82) is 0 Å². The Hall–Kier alpha value is -3.15. The van der Waals surface area contributed by atoms with Crippen molar-refractivity contribution < 1.29 is 4.39 Å². The highest BCUT2D eigenvalue weighted by Crippen LogP contribution is 2.25. The average molecular weight is 365 g/mol. The first-order chi connectivity index (χ1) is 13.1. The second-order valence-corrected chi connectivity index (χ2v) is 6.20. The molecule has 27 heavy (non-hydrogen) atoms. The second-order valence-electron chi connectivity index (χ2n) is 6.20. The Kier molecular flexibility index (Phi) is 5.86. The van der Waals surface area contributed by atoms with Crippen molar-refractivity contribution in [2.45, 2.75) is 20.8 Å². The summed E-state index contributed by atoms with van der Waals surface area (Å²) in [6.45, 7) is 8.30. The number of benzene rings is 2. The molecule has 1 heterocycles. The van der Waals surface area contributed by atoms with E-state index < -0.39 is 0 Å². The Morgan fingerprint density at radius 1 is 1.00 bits per heavy atom. The summed E-state index contributed by atoms with van der Waals surface area (Å²) >= 11 is 0. The molecule has 0 saturated carbocycles. The predicted octanol–water partition coefficient (Wildman–Crippen LogP) is 5.26. The van der Waals surface area contributed by atoms with Gasteiger partial charge in [0.2, 0.25) is 5.95 Å². The molecule has 0 fully saturated rings. The first kappa shape index (κ1) is 18.6. The standard InChI is InChI=1S/C21H24FN5/c1-4-27(5-2)18-9-10-19(15(3)13-18)25-21-23-12-11-20(26-21)24-17-8-6-7-16(22)14-17/h6-14H,4-5H2,1-3H3,(H2,23,24,25,26). The number of aryl methyl sites for hydroxylation is 1. The first-order valence-corrected chi connectivity index (χ1v) is 9.07. The van der Waals surface area contributed by atoms with Crippen LogP contribution in [0.4, 0.5) is 33.2 Å². The normalized spacial score (nSPS) is 10.5. The van der Waals surface area contributed by atoms with Crippen molar-refractivity contribution in [3.8, 4) is 0 Å². The fraction of sp³-hybridized carbons (Fsp3) is 0.238. The molecule has 2 aromatic carbocycles. The number of hydrogen-bond acceptors (Lipinski definition) is 5. The van der Waals surface area contributed by atoms with Gasteiger partial charge in [0.15, 0.2) is 0 Å². The molecule has 2 N–H and O–H groups in total. The molecule has 0 spiro atoms. The largest absolute Gasteiger partial charge is 0.372 e. The molecule has 0 bridgehead atoms. The van der Waals surface area contributed by atoms with Crippen LogP contribution in [-0.2, 0) is 0 Å². The van der Waals surface area contributed by atoms with Crippen molar-refractivity contribution in [1.82, 2.24) is 9.97 Å². The Balaban J connectivity index is 1.76. The van der Waals surface area contributed by atoms with Crippen LogP contribution in [-0.4, -0.2) is 23.1 Å². The SMILES string of the molecule is CCN(CC)c1ccc(Nc2nccc(Nc3cccc(F)c3)n2)c(C)c1. The average Bonchev–Trinajstić information content (AvgIpc) is 2.65. The molecular weight excluding hydrogens is 341 g/mol. The van der Waals surface area contributed by atoms with Gasteiger partial charge in [0.1, 0.15) is 11.6 Å². The van der Waals surface area contributed by atoms with Crippen LogP contribution >= 0.6 is 0 Å². The summed E-state index contributed by atoms with van der Waals surface area (Å²) in [5, 5.41) is 6.34. The topological polar surface area (TPSA) is 53.1 Å². The Morgan fingerprint density at radius 3 is 2.52 bits per heavy atom. The second kappa shape index (κ2) is 8.49. The maximum absolute atomic E-state index is 13.3. The molecule has 0 aliphatic rings. The number of aromatic nitrogens is 2. The summed E-state index contributed by atoms with van der Waals surface area (Å²) in [6.07, 6.45) is 1.66. The van der Waals surface area contributed by atoms with Crippen LogP contribution in [0.5, 0.6) is 0 Å². The third-order valence-electron chi connectivity index (χ3n) is 4.34. The molecule has 140 valence electrons. The minimum absolute atomic E-state index is 0.295. The third kappa shape index (κ3) is 4.73. The molecular formula is C21H24FN5. The van der Waals surface area contributed by atoms with E-state index in [2.05, 4.69) is 58.4 Å². The third-order valence-corrected chi connectivity index (χ3v) is 4.34. The van der Waals surface area contributed by atoms with Crippen molar-refractivity contribution in [3.05, 3.63) is 66.1 Å². The summed E-state index contributed by atoms with van der Waals surface area (Å²) in [4.78, 5) is 11.0. The number of nitrogens with zero attached hydrogens (tertiary/aromatic N) is 3. The van der Waals surface area contributed by atoms with Crippen molar-refractivity contribution in [2.24, 2.45) is 0 Å². The maximum atomic E-state index is 13.3. The van der Waals surface area contributed by atoms with Gasteiger partial charge in [-0.15, -0.1) is 0 Å². The van der Waals surface area contributed by atoms with Gasteiger partial charge in [-0.3, -0.25) is 0 Å². The van der Waals surface area contributed by atoms with Gasteiger partial charge in [-0.05, 0) is 68.8 Å². The lowest BCUT2D eigenvalue weighted by Crippen LogP contribution is -2.21. The van der Waals surface area contributed by atoms with E-state index >= 15 is 0 Å².